The Morgan fingerprint density at radius 3 is 2.62 bits per heavy atom. The quantitative estimate of drug-likeness (QED) is 0.394. The Balaban J connectivity index is 1.85. The van der Waals surface area contributed by atoms with Gasteiger partial charge in [0.1, 0.15) is 0 Å². The van der Waals surface area contributed by atoms with Crippen LogP contribution in [0.15, 0.2) is 47.8 Å². The topological polar surface area (TPSA) is 67.9 Å². The maximum atomic E-state index is 12.2. The Kier molecular flexibility index (Phi) is 6.60. The first-order valence-electron chi connectivity index (χ1n) is 9.69. The van der Waals surface area contributed by atoms with Gasteiger partial charge in [0.25, 0.3) is 0 Å². The second-order valence-electron chi connectivity index (χ2n) is 7.53. The van der Waals surface area contributed by atoms with Crippen molar-refractivity contribution in [2.24, 2.45) is 5.92 Å². The molecule has 0 aliphatic carbocycles. The van der Waals surface area contributed by atoms with Crippen LogP contribution in [0.4, 0.5) is 0 Å². The minimum Gasteiger partial charge on any atom is -0.462 e. The minimum absolute atomic E-state index is 0.0907. The molecule has 2 aromatic carbocycles. The van der Waals surface area contributed by atoms with Gasteiger partial charge in [-0.3, -0.25) is 9.36 Å². The summed E-state index contributed by atoms with van der Waals surface area (Å²) in [7, 11) is 0. The zero-order chi connectivity index (χ0) is 21.0. The number of esters is 1. The SMILES string of the molecule is Cc1cnc(SCC(=O)OC(C)CC(C)C)n1-c1ccc(C#N)c2ccccc12. The average molecular weight is 408 g/mol. The number of aryl methyl sites for hydroxylation is 1. The monoisotopic (exact) mass is 407 g/mol. The van der Waals surface area contributed by atoms with Gasteiger partial charge < -0.3 is 4.74 Å². The molecule has 1 unspecified atom stereocenters. The van der Waals surface area contributed by atoms with Crippen LogP contribution in [-0.2, 0) is 9.53 Å². The highest BCUT2D eigenvalue weighted by atomic mass is 32.2. The van der Waals surface area contributed by atoms with E-state index in [1.165, 1.54) is 11.8 Å². The van der Waals surface area contributed by atoms with Crippen molar-refractivity contribution in [2.45, 2.75) is 45.4 Å². The Labute approximate surface area is 175 Å². The predicted molar refractivity (Wildman–Crippen MR) is 116 cm³/mol. The lowest BCUT2D eigenvalue weighted by molar-refractivity contribution is -0.145. The normalized spacial score (nSPS) is 12.1. The zero-order valence-electron chi connectivity index (χ0n) is 17.2. The number of thioether (sulfide) groups is 1. The van der Waals surface area contributed by atoms with E-state index in [4.69, 9.17) is 4.74 Å². The lowest BCUT2D eigenvalue weighted by Crippen LogP contribution is -2.18. The van der Waals surface area contributed by atoms with Crippen LogP contribution in [0.5, 0.6) is 0 Å². The van der Waals surface area contributed by atoms with Gasteiger partial charge >= 0.3 is 5.97 Å². The smallest absolute Gasteiger partial charge is 0.316 e. The van der Waals surface area contributed by atoms with Gasteiger partial charge in [0.2, 0.25) is 0 Å². The highest BCUT2D eigenvalue weighted by Gasteiger charge is 2.17. The van der Waals surface area contributed by atoms with Gasteiger partial charge in [-0.05, 0) is 38.3 Å². The molecule has 1 heterocycles. The number of benzene rings is 2. The number of nitriles is 1. The van der Waals surface area contributed by atoms with Crippen LogP contribution in [0.3, 0.4) is 0 Å². The highest BCUT2D eigenvalue weighted by molar-refractivity contribution is 7.99. The van der Waals surface area contributed by atoms with E-state index >= 15 is 0 Å². The standard InChI is InChI=1S/C23H25N3O2S/c1-15(2)11-17(4)28-22(27)14-29-23-25-13-16(3)26(23)21-10-9-18(12-24)19-7-5-6-8-20(19)21/h5-10,13,15,17H,11,14H2,1-4H3. The molecule has 0 aliphatic rings. The number of carbonyl (C=O) groups is 1. The first kappa shape index (κ1) is 20.9. The second-order valence-corrected chi connectivity index (χ2v) is 8.47. The summed E-state index contributed by atoms with van der Waals surface area (Å²) in [4.78, 5) is 16.7. The predicted octanol–water partition coefficient (Wildman–Crippen LogP) is 5.28. The Hall–Kier alpha value is -2.78. The molecule has 6 heteroatoms. The van der Waals surface area contributed by atoms with E-state index < -0.39 is 0 Å². The van der Waals surface area contributed by atoms with Crippen LogP contribution < -0.4 is 0 Å². The molecule has 1 atom stereocenters. The molecular weight excluding hydrogens is 382 g/mol. The summed E-state index contributed by atoms with van der Waals surface area (Å²) in [5.41, 5.74) is 2.54. The molecule has 0 amide bonds. The fourth-order valence-corrected chi connectivity index (χ4v) is 4.29. The molecule has 0 aliphatic heterocycles. The Bertz CT molecular complexity index is 1070. The van der Waals surface area contributed by atoms with Crippen molar-refractivity contribution in [1.29, 1.82) is 5.26 Å². The van der Waals surface area contributed by atoms with Gasteiger partial charge in [0.05, 0.1) is 29.2 Å². The van der Waals surface area contributed by atoms with Crippen LogP contribution in [0.1, 0.15) is 38.4 Å². The summed E-state index contributed by atoms with van der Waals surface area (Å²) in [6.45, 7) is 8.13. The van der Waals surface area contributed by atoms with E-state index in [2.05, 4.69) is 24.9 Å². The minimum atomic E-state index is -0.236. The Morgan fingerprint density at radius 2 is 1.93 bits per heavy atom. The molecule has 0 fully saturated rings. The van der Waals surface area contributed by atoms with Gasteiger partial charge in [-0.15, -0.1) is 0 Å². The third-order valence-electron chi connectivity index (χ3n) is 4.62. The molecule has 29 heavy (non-hydrogen) atoms. The molecule has 3 aromatic rings. The van der Waals surface area contributed by atoms with Gasteiger partial charge in [0.15, 0.2) is 5.16 Å². The molecule has 5 nitrogen and oxygen atoms in total. The molecule has 0 saturated heterocycles. The number of fused-ring (bicyclic) bond motifs is 1. The first-order chi connectivity index (χ1) is 13.9. The van der Waals surface area contributed by atoms with Crippen molar-refractivity contribution in [1.82, 2.24) is 9.55 Å². The van der Waals surface area contributed by atoms with Crippen molar-refractivity contribution in [3.8, 4) is 11.8 Å². The number of aromatic nitrogens is 2. The van der Waals surface area contributed by atoms with Crippen LogP contribution in [0, 0.1) is 24.2 Å². The lowest BCUT2D eigenvalue weighted by atomic mass is 10.0. The Morgan fingerprint density at radius 1 is 1.21 bits per heavy atom. The van der Waals surface area contributed by atoms with E-state index in [1.54, 1.807) is 6.20 Å². The summed E-state index contributed by atoms with van der Waals surface area (Å²) in [5.74, 6) is 0.448. The largest absolute Gasteiger partial charge is 0.462 e. The molecule has 3 rings (SSSR count). The van der Waals surface area contributed by atoms with E-state index in [0.29, 0.717) is 11.5 Å². The average Bonchev–Trinajstić information content (AvgIpc) is 3.05. The molecule has 0 spiro atoms. The maximum Gasteiger partial charge on any atom is 0.316 e. The number of ether oxygens (including phenoxy) is 1. The van der Waals surface area contributed by atoms with E-state index in [9.17, 15) is 10.1 Å². The van der Waals surface area contributed by atoms with Crippen LogP contribution >= 0.6 is 11.8 Å². The lowest BCUT2D eigenvalue weighted by Gasteiger charge is -2.16. The molecule has 0 saturated carbocycles. The fraction of sp³-hybridized carbons (Fsp3) is 0.348. The summed E-state index contributed by atoms with van der Waals surface area (Å²) in [6.07, 6.45) is 2.55. The summed E-state index contributed by atoms with van der Waals surface area (Å²) < 4.78 is 7.53. The third kappa shape index (κ3) is 4.80. The molecule has 1 aromatic heterocycles. The molecule has 0 radical (unpaired) electrons. The number of nitrogens with zero attached hydrogens (tertiary/aromatic N) is 3. The van der Waals surface area contributed by atoms with Crippen molar-refractivity contribution in [3.63, 3.8) is 0 Å². The first-order valence-corrected chi connectivity index (χ1v) is 10.7. The van der Waals surface area contributed by atoms with Crippen molar-refractivity contribution >= 4 is 28.5 Å². The van der Waals surface area contributed by atoms with Crippen LogP contribution in [0.2, 0.25) is 0 Å². The number of rotatable bonds is 7. The number of hydrogen-bond acceptors (Lipinski definition) is 5. The maximum absolute atomic E-state index is 12.2. The number of imidazole rings is 1. The van der Waals surface area contributed by atoms with Crippen LogP contribution in [0.25, 0.3) is 16.5 Å². The second kappa shape index (κ2) is 9.15. The van der Waals surface area contributed by atoms with Gasteiger partial charge in [0, 0.05) is 22.7 Å². The number of carbonyl (C=O) groups excluding carboxylic acids is 1. The van der Waals surface area contributed by atoms with E-state index in [1.807, 2.05) is 54.8 Å². The van der Waals surface area contributed by atoms with Crippen molar-refractivity contribution in [3.05, 3.63) is 53.9 Å². The molecule has 0 bridgehead atoms. The van der Waals surface area contributed by atoms with E-state index in [0.717, 1.165) is 33.7 Å². The summed E-state index contributed by atoms with van der Waals surface area (Å²) in [6, 6.07) is 13.8. The summed E-state index contributed by atoms with van der Waals surface area (Å²) in [5, 5.41) is 12.0. The molecular formula is C23H25N3O2S. The van der Waals surface area contributed by atoms with Gasteiger partial charge in [-0.2, -0.15) is 5.26 Å². The molecule has 0 N–H and O–H groups in total. The van der Waals surface area contributed by atoms with Gasteiger partial charge in [-0.1, -0.05) is 49.9 Å². The molecule has 150 valence electrons. The van der Waals surface area contributed by atoms with Gasteiger partial charge in [-0.25, -0.2) is 4.98 Å². The van der Waals surface area contributed by atoms with Crippen molar-refractivity contribution in [2.75, 3.05) is 5.75 Å². The number of hydrogen-bond donors (Lipinski definition) is 0. The zero-order valence-corrected chi connectivity index (χ0v) is 18.0. The van der Waals surface area contributed by atoms with Crippen molar-refractivity contribution < 1.29 is 9.53 Å². The highest BCUT2D eigenvalue weighted by Crippen LogP contribution is 2.30. The third-order valence-corrected chi connectivity index (χ3v) is 5.55. The van der Waals surface area contributed by atoms with Crippen LogP contribution in [-0.4, -0.2) is 27.4 Å². The fourth-order valence-electron chi connectivity index (χ4n) is 3.48. The summed E-state index contributed by atoms with van der Waals surface area (Å²) >= 11 is 1.36. The van der Waals surface area contributed by atoms with E-state index in [-0.39, 0.29) is 17.8 Å².